The number of carbonyl (C=O) groups excluding carboxylic acids is 4. The van der Waals surface area contributed by atoms with E-state index in [0.29, 0.717) is 45.1 Å². The minimum atomic E-state index is -1.25. The van der Waals surface area contributed by atoms with E-state index < -0.39 is 53.2 Å². The van der Waals surface area contributed by atoms with Gasteiger partial charge in [-0.3, -0.25) is 19.2 Å². The molecule has 3 fully saturated rings. The number of likely N-dealkylation sites (N-methyl/N-ethyl adjacent to an activating group) is 1. The molecule has 2 bridgehead atoms. The van der Waals surface area contributed by atoms with Gasteiger partial charge in [-0.05, 0) is 70.3 Å². The molecule has 0 aliphatic carbocycles. The van der Waals surface area contributed by atoms with Gasteiger partial charge in [-0.15, -0.1) is 13.2 Å². The number of alkyl halides is 1. The number of rotatable bonds is 18. The van der Waals surface area contributed by atoms with Crippen molar-refractivity contribution in [1.82, 2.24) is 14.7 Å². The molecule has 1 unspecified atom stereocenters. The molecule has 288 valence electrons. The molecule has 0 radical (unpaired) electrons. The SMILES string of the molecule is C=CCCC(=O)N(C)[C@@H](C)[C@@H](OC(=O)[C@@H]1[C@H]2O[C@@]3(CC2Br)[C@H](C(=O)N(CC=C)C(C)(C)CC(C)(C)C)N(CCCCCO)C(=O)[C@@H]13)c1ccccc1. The molecule has 1 spiro atoms. The summed E-state index contributed by atoms with van der Waals surface area (Å²) in [5.74, 6) is -3.11. The molecule has 52 heavy (non-hydrogen) atoms. The van der Waals surface area contributed by atoms with E-state index >= 15 is 4.79 Å². The van der Waals surface area contributed by atoms with Crippen molar-refractivity contribution in [2.75, 3.05) is 26.7 Å². The van der Waals surface area contributed by atoms with Crippen LogP contribution in [0.25, 0.3) is 0 Å². The summed E-state index contributed by atoms with van der Waals surface area (Å²) in [5, 5.41) is 9.45. The summed E-state index contributed by atoms with van der Waals surface area (Å²) in [6.07, 6.45) is 5.63. The molecule has 3 heterocycles. The smallest absolute Gasteiger partial charge is 0.313 e. The highest BCUT2D eigenvalue weighted by Gasteiger charge is 2.77. The predicted molar refractivity (Wildman–Crippen MR) is 205 cm³/mol. The molecule has 3 aliphatic rings. The maximum absolute atomic E-state index is 15.1. The summed E-state index contributed by atoms with van der Waals surface area (Å²) < 4.78 is 13.2. The average Bonchev–Trinajstić information content (AvgIpc) is 3.68. The first-order valence-corrected chi connectivity index (χ1v) is 19.6. The molecule has 1 aromatic carbocycles. The van der Waals surface area contributed by atoms with Crippen LogP contribution in [0.2, 0.25) is 0 Å². The average molecular weight is 787 g/mol. The van der Waals surface area contributed by atoms with Crippen molar-refractivity contribution in [2.24, 2.45) is 17.3 Å². The Hall–Kier alpha value is -3.02. The second kappa shape index (κ2) is 17.0. The quantitative estimate of drug-likeness (QED) is 0.0813. The summed E-state index contributed by atoms with van der Waals surface area (Å²) in [6.45, 7) is 20.6. The van der Waals surface area contributed by atoms with Crippen molar-refractivity contribution in [2.45, 2.75) is 127 Å². The molecule has 0 saturated carbocycles. The minimum absolute atomic E-state index is 0.0387. The summed E-state index contributed by atoms with van der Waals surface area (Å²) in [5.41, 5.74) is -1.20. The van der Waals surface area contributed by atoms with E-state index in [-0.39, 0.29) is 47.5 Å². The first-order valence-electron chi connectivity index (χ1n) is 18.7. The predicted octanol–water partition coefficient (Wildman–Crippen LogP) is 6.22. The fourth-order valence-corrected chi connectivity index (χ4v) is 9.86. The van der Waals surface area contributed by atoms with E-state index in [1.807, 2.05) is 56.0 Å². The fourth-order valence-electron chi connectivity index (χ4n) is 8.92. The monoisotopic (exact) mass is 785 g/mol. The molecule has 0 aromatic heterocycles. The first kappa shape index (κ1) is 41.7. The van der Waals surface area contributed by atoms with Gasteiger partial charge < -0.3 is 29.3 Å². The van der Waals surface area contributed by atoms with Crippen LogP contribution in [-0.4, -0.2) is 104 Å². The van der Waals surface area contributed by atoms with Gasteiger partial charge in [-0.2, -0.15) is 0 Å². The second-order valence-electron chi connectivity index (χ2n) is 16.6. The van der Waals surface area contributed by atoms with Gasteiger partial charge in [-0.25, -0.2) is 0 Å². The van der Waals surface area contributed by atoms with Crippen LogP contribution in [0.4, 0.5) is 0 Å². The number of likely N-dealkylation sites (tertiary alicyclic amines) is 1. The van der Waals surface area contributed by atoms with E-state index in [4.69, 9.17) is 9.47 Å². The number of nitrogens with zero attached hydrogens (tertiary/aromatic N) is 3. The summed E-state index contributed by atoms with van der Waals surface area (Å²) in [6, 6.07) is 7.82. The normalized spacial score (nSPS) is 26.4. The zero-order valence-electron chi connectivity index (χ0n) is 32.2. The third kappa shape index (κ3) is 8.52. The Balaban J connectivity index is 1.74. The summed E-state index contributed by atoms with van der Waals surface area (Å²) in [7, 11) is 1.70. The third-order valence-electron chi connectivity index (χ3n) is 11.0. The third-order valence-corrected chi connectivity index (χ3v) is 11.8. The maximum atomic E-state index is 15.1. The van der Waals surface area contributed by atoms with Crippen molar-refractivity contribution in [3.8, 4) is 0 Å². The molecule has 3 aliphatic heterocycles. The van der Waals surface area contributed by atoms with Gasteiger partial charge in [0.15, 0.2) is 0 Å². The first-order chi connectivity index (χ1) is 24.5. The Kier molecular flexibility index (Phi) is 13.6. The Labute approximate surface area is 319 Å². The van der Waals surface area contributed by atoms with Crippen LogP contribution < -0.4 is 0 Å². The van der Waals surface area contributed by atoms with Crippen molar-refractivity contribution in [3.63, 3.8) is 0 Å². The molecular formula is C41H60BrN3O7. The molecule has 11 heteroatoms. The van der Waals surface area contributed by atoms with Crippen LogP contribution in [0.5, 0.6) is 0 Å². The van der Waals surface area contributed by atoms with E-state index in [1.165, 1.54) is 0 Å². The Morgan fingerprint density at radius 1 is 1.12 bits per heavy atom. The molecule has 10 nitrogen and oxygen atoms in total. The highest BCUT2D eigenvalue weighted by molar-refractivity contribution is 9.09. The number of aliphatic hydroxyl groups excluding tert-OH is 1. The lowest BCUT2D eigenvalue weighted by molar-refractivity contribution is -0.164. The van der Waals surface area contributed by atoms with E-state index in [9.17, 15) is 19.5 Å². The lowest BCUT2D eigenvalue weighted by Crippen LogP contribution is -2.61. The second-order valence-corrected chi connectivity index (χ2v) is 17.8. The van der Waals surface area contributed by atoms with Gasteiger partial charge in [0, 0.05) is 43.5 Å². The lowest BCUT2D eigenvalue weighted by atomic mass is 9.70. The number of hydrogen-bond acceptors (Lipinski definition) is 7. The van der Waals surface area contributed by atoms with Gasteiger partial charge in [0.05, 0.1) is 24.0 Å². The van der Waals surface area contributed by atoms with Gasteiger partial charge >= 0.3 is 5.97 Å². The van der Waals surface area contributed by atoms with Gasteiger partial charge in [0.1, 0.15) is 17.7 Å². The zero-order valence-corrected chi connectivity index (χ0v) is 33.8. The van der Waals surface area contributed by atoms with E-state index in [1.54, 1.807) is 29.0 Å². The van der Waals surface area contributed by atoms with Crippen LogP contribution >= 0.6 is 15.9 Å². The standard InChI is InChI=1S/C41H60BrN3O7/c1-10-12-21-30(47)43(9)27(3)33(28-19-15-13-16-20-28)51-38(50)31-32-36(48)44(23-17-14-18-24-46)35(41(32)25-29(42)34(31)52-41)37(49)45(22-11-2)40(7,8)26-39(4,5)6/h10-11,13,15-16,19-20,27,29,31-35,46H,1-2,12,14,17-18,21-26H2,3-9H3/t27-,29?,31-,32+,33+,34-,35-,41+/m0/s1. The number of carbonyl (C=O) groups is 4. The van der Waals surface area contributed by atoms with Gasteiger partial charge in [0.25, 0.3) is 0 Å². The molecule has 4 rings (SSSR count). The molecule has 3 amide bonds. The highest BCUT2D eigenvalue weighted by Crippen LogP contribution is 2.61. The van der Waals surface area contributed by atoms with Crippen LogP contribution in [0.3, 0.4) is 0 Å². The Morgan fingerprint density at radius 3 is 2.38 bits per heavy atom. The molecule has 3 saturated heterocycles. The van der Waals surface area contributed by atoms with Crippen molar-refractivity contribution >= 4 is 39.6 Å². The van der Waals surface area contributed by atoms with Gasteiger partial charge in [-0.1, -0.05) is 79.2 Å². The van der Waals surface area contributed by atoms with E-state index in [0.717, 1.165) is 5.56 Å². The van der Waals surface area contributed by atoms with Crippen LogP contribution in [0.15, 0.2) is 55.6 Å². The van der Waals surface area contributed by atoms with Gasteiger partial charge in [0.2, 0.25) is 17.7 Å². The number of ether oxygens (including phenoxy) is 2. The molecule has 1 aromatic rings. The van der Waals surface area contributed by atoms with Crippen molar-refractivity contribution in [1.29, 1.82) is 0 Å². The molecule has 1 N–H and O–H groups in total. The Bertz CT molecular complexity index is 1460. The lowest BCUT2D eigenvalue weighted by Gasteiger charge is -2.45. The van der Waals surface area contributed by atoms with Crippen molar-refractivity contribution in [3.05, 3.63) is 61.2 Å². The summed E-state index contributed by atoms with van der Waals surface area (Å²) in [4.78, 5) is 62.2. The number of unbranched alkanes of at least 4 members (excludes halogenated alkanes) is 2. The number of halogens is 1. The zero-order chi connectivity index (χ0) is 38.6. The van der Waals surface area contributed by atoms with E-state index in [2.05, 4.69) is 49.9 Å². The number of amides is 3. The maximum Gasteiger partial charge on any atom is 0.313 e. The number of allylic oxidation sites excluding steroid dienone is 1. The minimum Gasteiger partial charge on any atom is -0.455 e. The number of benzene rings is 1. The number of fused-ring (bicyclic) bond motifs is 1. The highest BCUT2D eigenvalue weighted by atomic mass is 79.9. The fraction of sp³-hybridized carbons (Fsp3) is 0.659. The summed E-state index contributed by atoms with van der Waals surface area (Å²) >= 11 is 3.79. The van der Waals surface area contributed by atoms with Crippen LogP contribution in [-0.2, 0) is 28.7 Å². The Morgan fingerprint density at radius 2 is 1.79 bits per heavy atom. The number of aliphatic hydroxyl groups is 1. The largest absolute Gasteiger partial charge is 0.455 e. The topological polar surface area (TPSA) is 117 Å². The number of esters is 1. The van der Waals surface area contributed by atoms with Crippen molar-refractivity contribution < 1.29 is 33.8 Å². The van der Waals surface area contributed by atoms with Crippen LogP contribution in [0, 0.1) is 17.3 Å². The molecule has 8 atom stereocenters. The van der Waals surface area contributed by atoms with Crippen LogP contribution in [0.1, 0.15) is 98.2 Å². The number of hydrogen-bond donors (Lipinski definition) is 1. The molecular weight excluding hydrogens is 726 g/mol.